The molecule has 2 rings (SSSR count). The maximum atomic E-state index is 11.8. The van der Waals surface area contributed by atoms with Gasteiger partial charge in [0.2, 0.25) is 5.91 Å². The summed E-state index contributed by atoms with van der Waals surface area (Å²) in [6, 6.07) is 12.2. The number of benzene rings is 2. The van der Waals surface area contributed by atoms with Crippen LogP contribution in [0.4, 0.5) is 5.69 Å². The fourth-order valence-corrected chi connectivity index (χ4v) is 2.37. The molecule has 0 aliphatic rings. The van der Waals surface area contributed by atoms with Crippen molar-refractivity contribution in [3.63, 3.8) is 0 Å². The Morgan fingerprint density at radius 1 is 1.17 bits per heavy atom. The predicted molar refractivity (Wildman–Crippen MR) is 107 cm³/mol. The van der Waals surface area contributed by atoms with Gasteiger partial charge in [0.25, 0.3) is 0 Å². The summed E-state index contributed by atoms with van der Waals surface area (Å²) in [5.41, 5.74) is 10.3. The average Bonchev–Trinajstić information content (AvgIpc) is 2.72. The lowest BCUT2D eigenvalue weighted by molar-refractivity contribution is -0.136. The van der Waals surface area contributed by atoms with Crippen molar-refractivity contribution in [2.45, 2.75) is 13.5 Å². The third-order valence-electron chi connectivity index (χ3n) is 3.73. The molecule has 0 saturated heterocycles. The molecule has 0 heterocycles. The molecule has 0 aliphatic heterocycles. The topological polar surface area (TPSA) is 123 Å². The van der Waals surface area contributed by atoms with E-state index >= 15 is 0 Å². The van der Waals surface area contributed by atoms with Gasteiger partial charge in [-0.1, -0.05) is 17.2 Å². The second-order valence-corrected chi connectivity index (χ2v) is 5.78. The van der Waals surface area contributed by atoms with E-state index in [1.54, 1.807) is 25.3 Å². The van der Waals surface area contributed by atoms with E-state index in [4.69, 9.17) is 15.0 Å². The van der Waals surface area contributed by atoms with Gasteiger partial charge in [0.1, 0.15) is 23.8 Å². The molecule has 0 bridgehead atoms. The highest BCUT2D eigenvalue weighted by molar-refractivity contribution is 5.94. The normalized spacial score (nSPS) is 10.5. The quantitative estimate of drug-likeness (QED) is 0.237. The molecule has 1 amide bonds. The lowest BCUT2D eigenvalue weighted by Crippen LogP contribution is -2.07. The van der Waals surface area contributed by atoms with E-state index in [-0.39, 0.29) is 18.2 Å². The fourth-order valence-electron chi connectivity index (χ4n) is 2.37. The Morgan fingerprint density at radius 2 is 1.90 bits per heavy atom. The van der Waals surface area contributed by atoms with Crippen LogP contribution in [0.1, 0.15) is 18.1 Å². The number of rotatable bonds is 8. The standard InChI is InChI=1S/C20H20N4O5/c1-13(25)22-16-7-6-15(10-18(23-24-21)20(26)28-3)19(11-16)29-12-14-4-8-17(27-2)9-5-14/h4-11H,12H2,1-3H3,(H,22,25)/b18-10-. The van der Waals surface area contributed by atoms with Crippen LogP contribution >= 0.6 is 0 Å². The van der Waals surface area contributed by atoms with Crippen LogP contribution in [0.2, 0.25) is 0 Å². The smallest absolute Gasteiger partial charge is 0.340 e. The van der Waals surface area contributed by atoms with E-state index in [9.17, 15) is 9.59 Å². The Bertz CT molecular complexity index is 963. The van der Waals surface area contributed by atoms with E-state index in [1.807, 2.05) is 24.3 Å². The Balaban J connectivity index is 2.37. The molecule has 0 saturated carbocycles. The lowest BCUT2D eigenvalue weighted by atomic mass is 10.1. The Hall–Kier alpha value is -3.97. The number of hydrogen-bond donors (Lipinski definition) is 1. The molecule has 150 valence electrons. The molecular weight excluding hydrogens is 376 g/mol. The molecule has 0 aromatic heterocycles. The van der Waals surface area contributed by atoms with Crippen molar-refractivity contribution in [2.75, 3.05) is 19.5 Å². The largest absolute Gasteiger partial charge is 0.497 e. The number of nitrogens with one attached hydrogen (secondary N) is 1. The molecule has 29 heavy (non-hydrogen) atoms. The van der Waals surface area contributed by atoms with Gasteiger partial charge in [-0.15, -0.1) is 0 Å². The summed E-state index contributed by atoms with van der Waals surface area (Å²) in [5.74, 6) is 0.0808. The molecule has 9 nitrogen and oxygen atoms in total. The van der Waals surface area contributed by atoms with E-state index in [2.05, 4.69) is 20.1 Å². The molecule has 0 unspecified atom stereocenters. The lowest BCUT2D eigenvalue weighted by Gasteiger charge is -2.13. The first-order valence-corrected chi connectivity index (χ1v) is 8.49. The van der Waals surface area contributed by atoms with Crippen LogP contribution in [0.25, 0.3) is 16.5 Å². The summed E-state index contributed by atoms with van der Waals surface area (Å²) in [7, 11) is 2.77. The molecule has 2 aromatic rings. The second kappa shape index (κ2) is 10.4. The van der Waals surface area contributed by atoms with Crippen LogP contribution in [-0.2, 0) is 20.9 Å². The number of methoxy groups -OCH3 is 2. The minimum atomic E-state index is -0.783. The van der Waals surface area contributed by atoms with Crippen molar-refractivity contribution >= 4 is 23.6 Å². The maximum absolute atomic E-state index is 11.8. The van der Waals surface area contributed by atoms with Crippen molar-refractivity contribution in [1.82, 2.24) is 0 Å². The molecule has 0 aliphatic carbocycles. The monoisotopic (exact) mass is 396 g/mol. The van der Waals surface area contributed by atoms with E-state index in [0.717, 1.165) is 11.3 Å². The van der Waals surface area contributed by atoms with Gasteiger partial charge in [0.05, 0.1) is 14.2 Å². The molecular formula is C20H20N4O5. The fraction of sp³-hybridized carbons (Fsp3) is 0.200. The molecule has 1 N–H and O–H groups in total. The Kier molecular flexibility index (Phi) is 7.64. The zero-order valence-corrected chi connectivity index (χ0v) is 16.2. The van der Waals surface area contributed by atoms with Crippen molar-refractivity contribution < 1.29 is 23.8 Å². The Morgan fingerprint density at radius 3 is 2.48 bits per heavy atom. The van der Waals surface area contributed by atoms with Gasteiger partial charge >= 0.3 is 5.97 Å². The third-order valence-corrected chi connectivity index (χ3v) is 3.73. The van der Waals surface area contributed by atoms with Gasteiger partial charge in [0.15, 0.2) is 0 Å². The SMILES string of the molecule is COC(=O)/C(=C/c1ccc(NC(C)=O)cc1OCc1ccc(OC)cc1)N=[N+]=[N-]. The number of nitrogens with zero attached hydrogens (tertiary/aromatic N) is 3. The number of ether oxygens (including phenoxy) is 3. The predicted octanol–water partition coefficient (Wildman–Crippen LogP) is 4.06. The van der Waals surface area contributed by atoms with Gasteiger partial charge in [0, 0.05) is 29.2 Å². The summed E-state index contributed by atoms with van der Waals surface area (Å²) in [5, 5.41) is 6.04. The van der Waals surface area contributed by atoms with Crippen LogP contribution in [0, 0.1) is 0 Å². The minimum Gasteiger partial charge on any atom is -0.497 e. The Labute approximate surface area is 167 Å². The van der Waals surface area contributed by atoms with Crippen LogP contribution in [0.5, 0.6) is 11.5 Å². The van der Waals surface area contributed by atoms with Gasteiger partial charge in [-0.2, -0.15) is 0 Å². The number of hydrogen-bond acceptors (Lipinski definition) is 6. The highest BCUT2D eigenvalue weighted by atomic mass is 16.5. The zero-order chi connectivity index (χ0) is 21.2. The summed E-state index contributed by atoms with van der Waals surface area (Å²) >= 11 is 0. The van der Waals surface area contributed by atoms with E-state index in [0.29, 0.717) is 17.0 Å². The number of esters is 1. The summed E-state index contributed by atoms with van der Waals surface area (Å²) in [4.78, 5) is 25.8. The zero-order valence-electron chi connectivity index (χ0n) is 16.2. The van der Waals surface area contributed by atoms with Crippen LogP contribution in [-0.4, -0.2) is 26.1 Å². The molecule has 0 radical (unpaired) electrons. The number of amides is 1. The van der Waals surface area contributed by atoms with Gasteiger partial charge in [-0.05, 0) is 41.4 Å². The van der Waals surface area contributed by atoms with Crippen LogP contribution < -0.4 is 14.8 Å². The van der Waals surface area contributed by atoms with Gasteiger partial charge in [-0.3, -0.25) is 4.79 Å². The first-order chi connectivity index (χ1) is 14.0. The van der Waals surface area contributed by atoms with Gasteiger partial charge in [-0.25, -0.2) is 4.79 Å². The minimum absolute atomic E-state index is 0.225. The van der Waals surface area contributed by atoms with Crippen molar-refractivity contribution in [3.05, 3.63) is 69.7 Å². The molecule has 0 atom stereocenters. The van der Waals surface area contributed by atoms with Crippen LogP contribution in [0.15, 0.2) is 53.3 Å². The third kappa shape index (κ3) is 6.30. The summed E-state index contributed by atoms with van der Waals surface area (Å²) < 4.78 is 15.6. The van der Waals surface area contributed by atoms with Crippen molar-refractivity contribution in [1.29, 1.82) is 0 Å². The average molecular weight is 396 g/mol. The van der Waals surface area contributed by atoms with E-state index in [1.165, 1.54) is 20.1 Å². The summed E-state index contributed by atoms with van der Waals surface area (Å²) in [6.45, 7) is 1.62. The highest BCUT2D eigenvalue weighted by Crippen LogP contribution is 2.27. The number of carbonyl (C=O) groups excluding carboxylic acids is 2. The van der Waals surface area contributed by atoms with Crippen molar-refractivity contribution in [3.8, 4) is 11.5 Å². The molecule has 0 spiro atoms. The van der Waals surface area contributed by atoms with Crippen LogP contribution in [0.3, 0.4) is 0 Å². The van der Waals surface area contributed by atoms with E-state index < -0.39 is 5.97 Å². The summed E-state index contributed by atoms with van der Waals surface area (Å²) in [6.07, 6.45) is 1.35. The molecule has 2 aromatic carbocycles. The number of azide groups is 1. The molecule has 0 fully saturated rings. The van der Waals surface area contributed by atoms with Gasteiger partial charge < -0.3 is 19.5 Å². The van der Waals surface area contributed by atoms with Crippen molar-refractivity contribution in [2.24, 2.45) is 5.11 Å². The first kappa shape index (κ1) is 21.3. The number of anilines is 1. The highest BCUT2D eigenvalue weighted by Gasteiger charge is 2.11. The number of carbonyl (C=O) groups is 2. The molecule has 9 heteroatoms. The first-order valence-electron chi connectivity index (χ1n) is 8.49. The second-order valence-electron chi connectivity index (χ2n) is 5.78. The maximum Gasteiger partial charge on any atom is 0.340 e.